The van der Waals surface area contributed by atoms with E-state index in [2.05, 4.69) is 10.2 Å². The number of hydrogen-bond acceptors (Lipinski definition) is 1. The third kappa shape index (κ3) is 2.43. The molecule has 0 saturated carbocycles. The highest BCUT2D eigenvalue weighted by atomic mass is 19.4. The summed E-state index contributed by atoms with van der Waals surface area (Å²) in [6.45, 7) is 1.57. The van der Waals surface area contributed by atoms with E-state index in [1.54, 1.807) is 6.92 Å². The van der Waals surface area contributed by atoms with Gasteiger partial charge in [0.1, 0.15) is 0 Å². The van der Waals surface area contributed by atoms with E-state index in [-0.39, 0.29) is 5.69 Å². The molecule has 13 heavy (non-hydrogen) atoms. The third-order valence-corrected chi connectivity index (χ3v) is 1.67. The van der Waals surface area contributed by atoms with E-state index in [1.165, 1.54) is 6.20 Å². The third-order valence-electron chi connectivity index (χ3n) is 1.67. The fraction of sp³-hybridized carbons (Fsp3) is 0.571. The summed E-state index contributed by atoms with van der Waals surface area (Å²) in [5.74, 6) is 0. The Morgan fingerprint density at radius 1 is 1.54 bits per heavy atom. The molecule has 0 saturated heterocycles. The average molecular weight is 196 g/mol. The second-order valence-electron chi connectivity index (χ2n) is 2.74. The van der Waals surface area contributed by atoms with Gasteiger partial charge in [-0.15, -0.1) is 0 Å². The van der Waals surface area contributed by atoms with Crippen molar-refractivity contribution in [3.05, 3.63) is 17.5 Å². The summed E-state index contributed by atoms with van der Waals surface area (Å²) in [4.78, 5) is 0. The minimum absolute atomic E-state index is 0.185. The van der Waals surface area contributed by atoms with Crippen molar-refractivity contribution in [3.8, 4) is 0 Å². The Balaban J connectivity index is 2.65. The Morgan fingerprint density at radius 2 is 2.15 bits per heavy atom. The SMILES string of the molecule is Cc1cn[nH]c1CC(F)C(F)(F)F. The van der Waals surface area contributed by atoms with Crippen LogP contribution in [0.5, 0.6) is 0 Å². The Labute approximate surface area is 72.0 Å². The summed E-state index contributed by atoms with van der Waals surface area (Å²) in [5.41, 5.74) is 0.719. The van der Waals surface area contributed by atoms with E-state index in [0.29, 0.717) is 5.56 Å². The number of aromatic nitrogens is 2. The van der Waals surface area contributed by atoms with Crippen molar-refractivity contribution in [2.24, 2.45) is 0 Å². The molecule has 74 valence electrons. The first kappa shape index (κ1) is 10.0. The lowest BCUT2D eigenvalue weighted by atomic mass is 10.1. The quantitative estimate of drug-likeness (QED) is 0.721. The molecule has 1 unspecified atom stereocenters. The van der Waals surface area contributed by atoms with Crippen molar-refractivity contribution >= 4 is 0 Å². The fourth-order valence-electron chi connectivity index (χ4n) is 0.875. The second-order valence-corrected chi connectivity index (χ2v) is 2.74. The van der Waals surface area contributed by atoms with Crippen LogP contribution in [0.15, 0.2) is 6.20 Å². The molecule has 0 fully saturated rings. The van der Waals surface area contributed by atoms with Crippen molar-refractivity contribution in [1.29, 1.82) is 0 Å². The normalized spacial score (nSPS) is 14.5. The minimum Gasteiger partial charge on any atom is -0.282 e. The Bertz CT molecular complexity index is 278. The molecule has 0 amide bonds. The standard InChI is InChI=1S/C7H8F4N2/c1-4-3-12-13-5(4)2-6(8)7(9,10)11/h3,6H,2H2,1H3,(H,12,13). The van der Waals surface area contributed by atoms with Crippen LogP contribution in [0, 0.1) is 6.92 Å². The van der Waals surface area contributed by atoms with Crippen LogP contribution in [-0.4, -0.2) is 22.5 Å². The molecule has 0 aliphatic heterocycles. The van der Waals surface area contributed by atoms with Crippen LogP contribution in [0.1, 0.15) is 11.3 Å². The van der Waals surface area contributed by atoms with E-state index in [1.807, 2.05) is 0 Å². The maximum absolute atomic E-state index is 12.5. The molecule has 0 aliphatic carbocycles. The largest absolute Gasteiger partial charge is 0.420 e. The van der Waals surface area contributed by atoms with Gasteiger partial charge >= 0.3 is 6.18 Å². The predicted octanol–water partition coefficient (Wildman–Crippen LogP) is 2.16. The molecule has 0 aliphatic rings. The number of alkyl halides is 4. The van der Waals surface area contributed by atoms with E-state index >= 15 is 0 Å². The lowest BCUT2D eigenvalue weighted by molar-refractivity contribution is -0.180. The van der Waals surface area contributed by atoms with Gasteiger partial charge in [-0.1, -0.05) is 0 Å². The van der Waals surface area contributed by atoms with E-state index in [0.717, 1.165) is 0 Å². The number of rotatable bonds is 2. The van der Waals surface area contributed by atoms with Crippen molar-refractivity contribution in [3.63, 3.8) is 0 Å². The van der Waals surface area contributed by atoms with E-state index in [9.17, 15) is 17.6 Å². The van der Waals surface area contributed by atoms with Gasteiger partial charge in [-0.05, 0) is 12.5 Å². The molecule has 0 radical (unpaired) electrons. The van der Waals surface area contributed by atoms with Gasteiger partial charge in [-0.3, -0.25) is 5.10 Å². The van der Waals surface area contributed by atoms with Gasteiger partial charge in [0.2, 0.25) is 6.17 Å². The number of H-pyrrole nitrogens is 1. The second kappa shape index (κ2) is 3.35. The lowest BCUT2D eigenvalue weighted by Gasteiger charge is -2.11. The van der Waals surface area contributed by atoms with Gasteiger partial charge in [0, 0.05) is 12.1 Å². The Hall–Kier alpha value is -1.07. The van der Waals surface area contributed by atoms with Crippen LogP contribution in [-0.2, 0) is 6.42 Å². The smallest absolute Gasteiger partial charge is 0.282 e. The van der Waals surface area contributed by atoms with E-state index in [4.69, 9.17) is 0 Å². The maximum atomic E-state index is 12.5. The highest BCUT2D eigenvalue weighted by Crippen LogP contribution is 2.25. The van der Waals surface area contributed by atoms with Gasteiger partial charge in [0.05, 0.1) is 6.20 Å². The molecular weight excluding hydrogens is 188 g/mol. The van der Waals surface area contributed by atoms with Crippen LogP contribution in [0.25, 0.3) is 0 Å². The summed E-state index contributed by atoms with van der Waals surface area (Å²) >= 11 is 0. The molecule has 2 nitrogen and oxygen atoms in total. The first-order valence-electron chi connectivity index (χ1n) is 3.61. The molecular formula is C7H8F4N2. The Morgan fingerprint density at radius 3 is 2.54 bits per heavy atom. The molecule has 0 spiro atoms. The first-order valence-corrected chi connectivity index (χ1v) is 3.61. The van der Waals surface area contributed by atoms with Crippen LogP contribution in [0.2, 0.25) is 0 Å². The van der Waals surface area contributed by atoms with Crippen LogP contribution in [0.3, 0.4) is 0 Å². The number of nitrogens with one attached hydrogen (secondary N) is 1. The average Bonchev–Trinajstić information content (AvgIpc) is 2.34. The van der Waals surface area contributed by atoms with Gasteiger partial charge in [0.25, 0.3) is 0 Å². The zero-order valence-electron chi connectivity index (χ0n) is 6.82. The number of hydrogen-bond donors (Lipinski definition) is 1. The van der Waals surface area contributed by atoms with Crippen molar-refractivity contribution in [2.45, 2.75) is 25.7 Å². The lowest BCUT2D eigenvalue weighted by Crippen LogP contribution is -2.26. The molecule has 6 heteroatoms. The number of nitrogens with zero attached hydrogens (tertiary/aromatic N) is 1. The van der Waals surface area contributed by atoms with Crippen LogP contribution >= 0.6 is 0 Å². The van der Waals surface area contributed by atoms with Gasteiger partial charge in [-0.2, -0.15) is 18.3 Å². The van der Waals surface area contributed by atoms with Crippen LogP contribution in [0.4, 0.5) is 17.6 Å². The Kier molecular flexibility index (Phi) is 2.58. The van der Waals surface area contributed by atoms with Gasteiger partial charge < -0.3 is 0 Å². The highest BCUT2D eigenvalue weighted by Gasteiger charge is 2.40. The number of aromatic amines is 1. The summed E-state index contributed by atoms with van der Waals surface area (Å²) in [6, 6.07) is 0. The summed E-state index contributed by atoms with van der Waals surface area (Å²) in [7, 11) is 0. The van der Waals surface area contributed by atoms with Crippen molar-refractivity contribution < 1.29 is 17.6 Å². The van der Waals surface area contributed by atoms with Gasteiger partial charge in [-0.25, -0.2) is 4.39 Å². The molecule has 0 bridgehead atoms. The zero-order valence-corrected chi connectivity index (χ0v) is 6.82. The molecule has 1 aromatic rings. The highest BCUT2D eigenvalue weighted by molar-refractivity contribution is 5.14. The monoisotopic (exact) mass is 196 g/mol. The van der Waals surface area contributed by atoms with Crippen LogP contribution < -0.4 is 0 Å². The molecule has 1 aromatic heterocycles. The van der Waals surface area contributed by atoms with Crippen molar-refractivity contribution in [1.82, 2.24) is 10.2 Å². The first-order chi connectivity index (χ1) is 5.91. The number of aryl methyl sites for hydroxylation is 1. The summed E-state index contributed by atoms with van der Waals surface area (Å²) in [5, 5.41) is 5.82. The number of halogens is 4. The molecule has 1 N–H and O–H groups in total. The molecule has 1 atom stereocenters. The molecule has 0 aromatic carbocycles. The van der Waals surface area contributed by atoms with Gasteiger partial charge in [0.15, 0.2) is 0 Å². The summed E-state index contributed by atoms with van der Waals surface area (Å²) in [6.07, 6.45) is -6.96. The zero-order chi connectivity index (χ0) is 10.1. The maximum Gasteiger partial charge on any atom is 0.420 e. The van der Waals surface area contributed by atoms with E-state index < -0.39 is 18.8 Å². The summed E-state index contributed by atoms with van der Waals surface area (Å²) < 4.78 is 47.8. The fourth-order valence-corrected chi connectivity index (χ4v) is 0.875. The van der Waals surface area contributed by atoms with Crippen molar-refractivity contribution in [2.75, 3.05) is 0 Å². The molecule has 1 rings (SSSR count). The topological polar surface area (TPSA) is 28.7 Å². The predicted molar refractivity (Wildman–Crippen MR) is 38.0 cm³/mol. The minimum atomic E-state index is -4.79. The molecule has 1 heterocycles.